The third kappa shape index (κ3) is 4.44. The number of aromatic nitrogens is 3. The van der Waals surface area contributed by atoms with Crippen LogP contribution < -0.4 is 5.32 Å². The fraction of sp³-hybridized carbons (Fsp3) is 0.450. The van der Waals surface area contributed by atoms with Gasteiger partial charge < -0.3 is 15.0 Å². The molecule has 0 saturated carbocycles. The molecule has 9 heteroatoms. The number of hydrogen-bond acceptors (Lipinski definition) is 7. The fourth-order valence-corrected chi connectivity index (χ4v) is 3.54. The number of carbonyl (C=O) groups is 3. The van der Waals surface area contributed by atoms with Crippen molar-refractivity contribution in [1.29, 1.82) is 0 Å². The molecule has 0 unspecified atom stereocenters. The molecule has 29 heavy (non-hydrogen) atoms. The molecule has 0 radical (unpaired) electrons. The second-order valence-corrected chi connectivity index (χ2v) is 7.08. The number of carbonyl (C=O) groups excluding carboxylic acids is 3. The summed E-state index contributed by atoms with van der Waals surface area (Å²) in [5.41, 5.74) is 0.473. The number of piperidine rings is 1. The number of rotatable bonds is 6. The van der Waals surface area contributed by atoms with E-state index >= 15 is 0 Å². The van der Waals surface area contributed by atoms with Crippen LogP contribution in [0.25, 0.3) is 11.0 Å². The highest BCUT2D eigenvalue weighted by Gasteiger charge is 2.28. The van der Waals surface area contributed by atoms with Gasteiger partial charge in [-0.05, 0) is 31.9 Å². The average Bonchev–Trinajstić information content (AvgIpc) is 3.17. The highest BCUT2D eigenvalue weighted by Crippen LogP contribution is 2.25. The molecule has 3 rings (SSSR count). The van der Waals surface area contributed by atoms with E-state index in [9.17, 15) is 14.4 Å². The molecule has 1 aliphatic rings. The number of hydrogen-bond donors (Lipinski definition) is 1. The molecule has 1 aliphatic heterocycles. The van der Waals surface area contributed by atoms with Crippen molar-refractivity contribution in [1.82, 2.24) is 19.4 Å². The molecule has 0 bridgehead atoms. The Hall–Kier alpha value is -3.23. The summed E-state index contributed by atoms with van der Waals surface area (Å²) in [6.07, 6.45) is 6.17. The summed E-state index contributed by atoms with van der Waals surface area (Å²) < 4.78 is 6.00. The van der Waals surface area contributed by atoms with E-state index in [0.717, 1.165) is 12.8 Å². The lowest BCUT2D eigenvalue weighted by molar-refractivity contribution is -0.140. The van der Waals surface area contributed by atoms with Crippen molar-refractivity contribution in [3.05, 3.63) is 31.2 Å². The van der Waals surface area contributed by atoms with Crippen LogP contribution in [0.1, 0.15) is 37.4 Å². The first-order valence-electron chi connectivity index (χ1n) is 9.56. The first kappa shape index (κ1) is 20.5. The van der Waals surface area contributed by atoms with Crippen LogP contribution in [-0.4, -0.2) is 63.0 Å². The minimum atomic E-state index is -0.433. The predicted molar refractivity (Wildman–Crippen MR) is 107 cm³/mol. The first-order valence-corrected chi connectivity index (χ1v) is 9.56. The summed E-state index contributed by atoms with van der Waals surface area (Å²) in [5, 5.41) is 4.09. The standard InChI is InChI=1S/C20H25N5O4/c1-4-16(26)25-11-14(6-5-13(25)2)23-19-15-9-10-24(20(15)22-12-21-19)17(27)7-8-18(28)29-3/h4,9-10,12-14H,1,5-8,11H2,2-3H3,(H,21,22,23)/t13-,14+/m0/s1. The number of nitrogens with one attached hydrogen (secondary N) is 1. The Morgan fingerprint density at radius 2 is 2.10 bits per heavy atom. The highest BCUT2D eigenvalue weighted by atomic mass is 16.5. The quantitative estimate of drug-likeness (QED) is 0.585. The first-order chi connectivity index (χ1) is 13.9. The Morgan fingerprint density at radius 1 is 1.31 bits per heavy atom. The monoisotopic (exact) mass is 399 g/mol. The third-order valence-electron chi connectivity index (χ3n) is 5.20. The normalized spacial score (nSPS) is 19.0. The van der Waals surface area contributed by atoms with Gasteiger partial charge in [-0.25, -0.2) is 9.97 Å². The molecule has 2 aromatic rings. The van der Waals surface area contributed by atoms with Crippen LogP contribution in [0.3, 0.4) is 0 Å². The Kier molecular flexibility index (Phi) is 6.26. The van der Waals surface area contributed by atoms with Gasteiger partial charge in [-0.3, -0.25) is 19.0 Å². The highest BCUT2D eigenvalue weighted by molar-refractivity contribution is 5.96. The zero-order valence-electron chi connectivity index (χ0n) is 16.6. The van der Waals surface area contributed by atoms with Gasteiger partial charge in [0.15, 0.2) is 5.65 Å². The van der Waals surface area contributed by atoms with Gasteiger partial charge in [0, 0.05) is 31.2 Å². The number of esters is 1. The summed E-state index contributed by atoms with van der Waals surface area (Å²) in [5.74, 6) is -0.152. The number of amides is 1. The molecule has 9 nitrogen and oxygen atoms in total. The van der Waals surface area contributed by atoms with Crippen molar-refractivity contribution in [3.8, 4) is 0 Å². The average molecular weight is 399 g/mol. The van der Waals surface area contributed by atoms with Crippen LogP contribution in [0.15, 0.2) is 31.2 Å². The lowest BCUT2D eigenvalue weighted by atomic mass is 9.99. The van der Waals surface area contributed by atoms with E-state index in [1.807, 2.05) is 6.92 Å². The molecular weight excluding hydrogens is 374 g/mol. The van der Waals surface area contributed by atoms with E-state index in [4.69, 9.17) is 0 Å². The predicted octanol–water partition coefficient (Wildman–Crippen LogP) is 2.00. The molecule has 1 N–H and O–H groups in total. The molecule has 1 amide bonds. The molecule has 0 spiro atoms. The summed E-state index contributed by atoms with van der Waals surface area (Å²) in [6, 6.07) is 1.97. The zero-order chi connectivity index (χ0) is 21.0. The van der Waals surface area contributed by atoms with E-state index in [2.05, 4.69) is 26.6 Å². The van der Waals surface area contributed by atoms with Crippen LogP contribution in [0.4, 0.5) is 5.82 Å². The van der Waals surface area contributed by atoms with Crippen molar-refractivity contribution < 1.29 is 19.1 Å². The molecule has 1 saturated heterocycles. The van der Waals surface area contributed by atoms with Crippen molar-refractivity contribution in [2.75, 3.05) is 19.0 Å². The van der Waals surface area contributed by atoms with E-state index in [1.54, 1.807) is 17.2 Å². The summed E-state index contributed by atoms with van der Waals surface area (Å²) in [7, 11) is 1.29. The minimum absolute atomic E-state index is 0.0125. The molecule has 0 aliphatic carbocycles. The van der Waals surface area contributed by atoms with Gasteiger partial charge in [0.1, 0.15) is 12.1 Å². The third-order valence-corrected chi connectivity index (χ3v) is 5.20. The number of methoxy groups -OCH3 is 1. The smallest absolute Gasteiger partial charge is 0.306 e. The van der Waals surface area contributed by atoms with Crippen molar-refractivity contribution in [2.45, 2.75) is 44.7 Å². The molecular formula is C20H25N5O4. The van der Waals surface area contributed by atoms with Crippen LogP contribution in [0, 0.1) is 0 Å². The zero-order valence-corrected chi connectivity index (χ0v) is 16.6. The topological polar surface area (TPSA) is 106 Å². The van der Waals surface area contributed by atoms with Crippen molar-refractivity contribution in [3.63, 3.8) is 0 Å². The van der Waals surface area contributed by atoms with Crippen LogP contribution in [-0.2, 0) is 14.3 Å². The lowest BCUT2D eigenvalue weighted by Gasteiger charge is -2.38. The van der Waals surface area contributed by atoms with Crippen molar-refractivity contribution >= 4 is 34.6 Å². The SMILES string of the molecule is C=CC(=O)N1C[C@H](Nc2ncnc3c2ccn3C(=O)CCC(=O)OC)CC[C@@H]1C. The van der Waals surface area contributed by atoms with Gasteiger partial charge in [0.2, 0.25) is 11.8 Å². The van der Waals surface area contributed by atoms with Gasteiger partial charge in [0.05, 0.1) is 18.9 Å². The Morgan fingerprint density at radius 3 is 2.83 bits per heavy atom. The number of ether oxygens (including phenoxy) is 1. The molecule has 0 aromatic carbocycles. The fourth-order valence-electron chi connectivity index (χ4n) is 3.54. The van der Waals surface area contributed by atoms with E-state index < -0.39 is 5.97 Å². The van der Waals surface area contributed by atoms with Crippen molar-refractivity contribution in [2.24, 2.45) is 0 Å². The molecule has 2 aromatic heterocycles. The van der Waals surface area contributed by atoms with Gasteiger partial charge in [0.25, 0.3) is 0 Å². The van der Waals surface area contributed by atoms with E-state index in [1.165, 1.54) is 24.1 Å². The summed E-state index contributed by atoms with van der Waals surface area (Å²) >= 11 is 0. The minimum Gasteiger partial charge on any atom is -0.469 e. The summed E-state index contributed by atoms with van der Waals surface area (Å²) in [6.45, 7) is 6.16. The molecule has 154 valence electrons. The number of nitrogens with zero attached hydrogens (tertiary/aromatic N) is 4. The Balaban J connectivity index is 1.76. The van der Waals surface area contributed by atoms with Gasteiger partial charge in [-0.1, -0.05) is 6.58 Å². The molecule has 1 fully saturated rings. The van der Waals surface area contributed by atoms with Crippen LogP contribution in [0.5, 0.6) is 0 Å². The van der Waals surface area contributed by atoms with Crippen LogP contribution >= 0.6 is 0 Å². The van der Waals surface area contributed by atoms with Gasteiger partial charge >= 0.3 is 5.97 Å². The van der Waals surface area contributed by atoms with E-state index in [0.29, 0.717) is 23.4 Å². The molecule has 2 atom stereocenters. The number of likely N-dealkylation sites (tertiary alicyclic amines) is 1. The maximum absolute atomic E-state index is 12.4. The molecule has 3 heterocycles. The van der Waals surface area contributed by atoms with E-state index in [-0.39, 0.29) is 36.7 Å². The Labute approximate surface area is 168 Å². The largest absolute Gasteiger partial charge is 0.469 e. The number of fused-ring (bicyclic) bond motifs is 1. The second-order valence-electron chi connectivity index (χ2n) is 7.08. The lowest BCUT2D eigenvalue weighted by Crippen LogP contribution is -2.49. The maximum Gasteiger partial charge on any atom is 0.306 e. The Bertz CT molecular complexity index is 938. The van der Waals surface area contributed by atoms with Gasteiger partial charge in [-0.15, -0.1) is 0 Å². The van der Waals surface area contributed by atoms with Crippen LogP contribution in [0.2, 0.25) is 0 Å². The van der Waals surface area contributed by atoms with Gasteiger partial charge in [-0.2, -0.15) is 0 Å². The second kappa shape index (κ2) is 8.85. The number of anilines is 1. The maximum atomic E-state index is 12.4. The summed E-state index contributed by atoms with van der Waals surface area (Å²) in [4.78, 5) is 46.2.